The van der Waals surface area contributed by atoms with Crippen molar-refractivity contribution in [1.29, 1.82) is 0 Å². The highest BCUT2D eigenvalue weighted by Crippen LogP contribution is 2.32. The summed E-state index contributed by atoms with van der Waals surface area (Å²) in [5.74, 6) is -0.355. The van der Waals surface area contributed by atoms with Gasteiger partial charge in [-0.1, -0.05) is 18.2 Å². The molecule has 20 heavy (non-hydrogen) atoms. The monoisotopic (exact) mass is 286 g/mol. The van der Waals surface area contributed by atoms with E-state index in [1.54, 1.807) is 18.3 Å². The summed E-state index contributed by atoms with van der Waals surface area (Å²) in [4.78, 5) is 26.4. The number of hydrogen-bond donors (Lipinski definition) is 2. The Bertz CT molecular complexity index is 731. The highest BCUT2D eigenvalue weighted by atomic mass is 35.5. The van der Waals surface area contributed by atoms with E-state index in [4.69, 9.17) is 11.6 Å². The minimum atomic E-state index is -0.149. The van der Waals surface area contributed by atoms with Crippen LogP contribution in [-0.4, -0.2) is 22.6 Å². The van der Waals surface area contributed by atoms with E-state index in [9.17, 15) is 9.59 Å². The van der Waals surface area contributed by atoms with E-state index in [0.29, 0.717) is 16.8 Å². The number of amides is 1. The number of carbonyl (C=O) groups excluding carboxylic acids is 2. The van der Waals surface area contributed by atoms with E-state index in [2.05, 4.69) is 10.3 Å². The molecule has 1 aromatic carbocycles. The predicted octanol–water partition coefficient (Wildman–Crippen LogP) is 2.93. The van der Waals surface area contributed by atoms with E-state index in [1.165, 1.54) is 0 Å². The molecule has 3 rings (SSSR count). The normalized spacial score (nSPS) is 15.2. The maximum absolute atomic E-state index is 12.0. The minimum Gasteiger partial charge on any atom is -0.361 e. The van der Waals surface area contributed by atoms with Crippen LogP contribution >= 0.6 is 11.6 Å². The topological polar surface area (TPSA) is 62.0 Å². The van der Waals surface area contributed by atoms with Gasteiger partial charge in [0.05, 0.1) is 11.5 Å². The van der Waals surface area contributed by atoms with Crippen LogP contribution in [0.3, 0.4) is 0 Å². The second-order valence-electron chi connectivity index (χ2n) is 4.46. The number of fused-ring (bicyclic) bond motifs is 1. The predicted molar refractivity (Wildman–Crippen MR) is 78.8 cm³/mol. The van der Waals surface area contributed by atoms with Crippen LogP contribution in [0, 0.1) is 0 Å². The van der Waals surface area contributed by atoms with Crippen molar-refractivity contribution in [3.63, 3.8) is 0 Å². The summed E-state index contributed by atoms with van der Waals surface area (Å²) in [5.41, 5.74) is 3.44. The van der Waals surface area contributed by atoms with Crippen LogP contribution in [0.1, 0.15) is 21.6 Å². The van der Waals surface area contributed by atoms with E-state index < -0.39 is 0 Å². The fourth-order valence-corrected chi connectivity index (χ4v) is 2.33. The lowest BCUT2D eigenvalue weighted by Crippen LogP contribution is -2.03. The molecule has 2 aromatic rings. The zero-order valence-corrected chi connectivity index (χ0v) is 11.2. The highest BCUT2D eigenvalue weighted by Gasteiger charge is 2.23. The first kappa shape index (κ1) is 12.7. The summed E-state index contributed by atoms with van der Waals surface area (Å²) in [6, 6.07) is 9.17. The second kappa shape index (κ2) is 4.98. The van der Waals surface area contributed by atoms with Gasteiger partial charge in [0, 0.05) is 28.7 Å². The first-order valence-corrected chi connectivity index (χ1v) is 6.62. The third kappa shape index (κ3) is 2.14. The van der Waals surface area contributed by atoms with Gasteiger partial charge in [0.2, 0.25) is 0 Å². The molecule has 0 spiro atoms. The number of alkyl halides is 1. The van der Waals surface area contributed by atoms with Gasteiger partial charge in [-0.05, 0) is 18.2 Å². The molecule has 1 aromatic heterocycles. The second-order valence-corrected chi connectivity index (χ2v) is 4.73. The highest BCUT2D eigenvalue weighted by molar-refractivity contribution is 6.35. The smallest absolute Gasteiger partial charge is 0.256 e. The third-order valence-corrected chi connectivity index (χ3v) is 3.40. The lowest BCUT2D eigenvalue weighted by atomic mass is 10.1. The Morgan fingerprint density at radius 3 is 2.90 bits per heavy atom. The summed E-state index contributed by atoms with van der Waals surface area (Å²) < 4.78 is 0. The van der Waals surface area contributed by atoms with Gasteiger partial charge >= 0.3 is 0 Å². The quantitative estimate of drug-likeness (QED) is 0.518. The number of aromatic amines is 1. The molecule has 4 nitrogen and oxygen atoms in total. The molecular formula is C15H11ClN2O2. The van der Waals surface area contributed by atoms with Gasteiger partial charge in [-0.15, -0.1) is 11.6 Å². The number of hydrogen-bond acceptors (Lipinski definition) is 2. The Labute approximate surface area is 120 Å². The molecule has 0 saturated heterocycles. The van der Waals surface area contributed by atoms with Gasteiger partial charge in [0.25, 0.3) is 5.91 Å². The average Bonchev–Trinajstić information content (AvgIpc) is 3.04. The van der Waals surface area contributed by atoms with Crippen LogP contribution < -0.4 is 5.32 Å². The third-order valence-electron chi connectivity index (χ3n) is 3.16. The van der Waals surface area contributed by atoms with Gasteiger partial charge in [-0.25, -0.2) is 0 Å². The Balaban J connectivity index is 1.98. The molecule has 0 radical (unpaired) electrons. The van der Waals surface area contributed by atoms with Crippen LogP contribution in [0.2, 0.25) is 0 Å². The summed E-state index contributed by atoms with van der Waals surface area (Å²) >= 11 is 5.51. The van der Waals surface area contributed by atoms with Gasteiger partial charge in [0.15, 0.2) is 5.78 Å². The first-order valence-electron chi connectivity index (χ1n) is 6.09. The minimum absolute atomic E-state index is 0.0583. The number of para-hydroxylation sites is 1. The number of nitrogens with one attached hydrogen (secondary N) is 2. The summed E-state index contributed by atoms with van der Waals surface area (Å²) in [7, 11) is 0. The van der Waals surface area contributed by atoms with Gasteiger partial charge in [-0.2, -0.15) is 0 Å². The molecule has 2 N–H and O–H groups in total. The molecule has 0 saturated carbocycles. The lowest BCUT2D eigenvalue weighted by Gasteiger charge is -1.96. The number of benzene rings is 1. The Hall–Kier alpha value is -2.33. The number of aromatic nitrogens is 1. The van der Waals surface area contributed by atoms with Crippen LogP contribution in [0.25, 0.3) is 11.6 Å². The Morgan fingerprint density at radius 1 is 1.30 bits per heavy atom. The molecule has 1 amide bonds. The van der Waals surface area contributed by atoms with Crippen LogP contribution in [0.15, 0.2) is 36.5 Å². The fourth-order valence-electron chi connectivity index (χ4n) is 2.17. The van der Waals surface area contributed by atoms with Crippen molar-refractivity contribution in [2.24, 2.45) is 0 Å². The zero-order chi connectivity index (χ0) is 14.1. The van der Waals surface area contributed by atoms with Crippen LogP contribution in [0.5, 0.6) is 0 Å². The molecule has 0 atom stereocenters. The maximum atomic E-state index is 12.0. The van der Waals surface area contributed by atoms with Crippen molar-refractivity contribution in [2.75, 3.05) is 11.2 Å². The number of anilines is 1. The summed E-state index contributed by atoms with van der Waals surface area (Å²) in [6.07, 6.45) is 3.32. The van der Waals surface area contributed by atoms with Crippen molar-refractivity contribution in [3.05, 3.63) is 53.3 Å². The van der Waals surface area contributed by atoms with Crippen LogP contribution in [0.4, 0.5) is 5.69 Å². The number of halogens is 1. The lowest BCUT2D eigenvalue weighted by molar-refractivity contribution is -0.110. The fraction of sp³-hybridized carbons (Fsp3) is 0.0667. The van der Waals surface area contributed by atoms with E-state index in [-0.39, 0.29) is 17.6 Å². The number of ketones is 1. The molecule has 0 aliphatic carbocycles. The first-order chi connectivity index (χ1) is 9.69. The van der Waals surface area contributed by atoms with E-state index >= 15 is 0 Å². The van der Waals surface area contributed by atoms with Crippen molar-refractivity contribution in [2.45, 2.75) is 0 Å². The molecule has 5 heteroatoms. The number of rotatable bonds is 3. The van der Waals surface area contributed by atoms with Crippen molar-refractivity contribution < 1.29 is 9.59 Å². The molecule has 1 aliphatic heterocycles. The maximum Gasteiger partial charge on any atom is 0.256 e. The number of carbonyl (C=O) groups is 2. The molecule has 0 bridgehead atoms. The standard InChI is InChI=1S/C15H11ClN2O2/c16-7-14(19)9-5-10(17-8-9)6-12-11-3-1-2-4-13(11)18-15(12)20/h1-6,8,17H,7H2,(H,18,20). The number of H-pyrrole nitrogens is 1. The molecule has 0 fully saturated rings. The van der Waals surface area contributed by atoms with E-state index in [0.717, 1.165) is 11.3 Å². The molecular weight excluding hydrogens is 276 g/mol. The zero-order valence-electron chi connectivity index (χ0n) is 10.4. The SMILES string of the molecule is O=C1Nc2ccccc2C1=Cc1cc(C(=O)CCl)c[nH]1. The Morgan fingerprint density at radius 2 is 2.10 bits per heavy atom. The summed E-state index contributed by atoms with van der Waals surface area (Å²) in [5, 5.41) is 2.80. The van der Waals surface area contributed by atoms with Gasteiger partial charge < -0.3 is 10.3 Å². The molecule has 100 valence electrons. The van der Waals surface area contributed by atoms with Gasteiger partial charge in [0.1, 0.15) is 0 Å². The van der Waals surface area contributed by atoms with Crippen molar-refractivity contribution in [1.82, 2.24) is 4.98 Å². The van der Waals surface area contributed by atoms with Crippen LogP contribution in [-0.2, 0) is 4.79 Å². The Kier molecular flexibility index (Phi) is 3.16. The largest absolute Gasteiger partial charge is 0.361 e. The molecule has 0 unspecified atom stereocenters. The van der Waals surface area contributed by atoms with Gasteiger partial charge in [-0.3, -0.25) is 9.59 Å². The molecule has 1 aliphatic rings. The number of Topliss-reactive ketones (excluding diaryl/α,β-unsaturated/α-hetero) is 1. The molecule has 2 heterocycles. The van der Waals surface area contributed by atoms with Crippen molar-refractivity contribution in [3.8, 4) is 0 Å². The summed E-state index contributed by atoms with van der Waals surface area (Å²) in [6.45, 7) is 0. The van der Waals surface area contributed by atoms with E-state index in [1.807, 2.05) is 24.3 Å². The van der Waals surface area contributed by atoms with Crippen molar-refractivity contribution >= 4 is 40.6 Å². The average molecular weight is 287 g/mol.